The number of esters is 1. The molecular formula is C23H27N5O4S. The average Bonchev–Trinajstić information content (AvgIpc) is 3.44. The SMILES string of the molecule is CCOC(=O)C1CCCN(C(=O)c2coc(CSc3nnc(C)n3-c3ccc(C)cc3)n2)C1. The molecule has 9 nitrogen and oxygen atoms in total. The van der Waals surface area contributed by atoms with Crippen LogP contribution in [-0.2, 0) is 15.3 Å². The summed E-state index contributed by atoms with van der Waals surface area (Å²) in [5, 5.41) is 9.19. The molecule has 1 unspecified atom stereocenters. The highest BCUT2D eigenvalue weighted by Crippen LogP contribution is 2.26. The first-order chi connectivity index (χ1) is 16.0. The fourth-order valence-electron chi connectivity index (χ4n) is 3.81. The Morgan fingerprint density at radius 2 is 2.00 bits per heavy atom. The maximum Gasteiger partial charge on any atom is 0.310 e. The molecule has 0 N–H and O–H groups in total. The Labute approximate surface area is 196 Å². The highest BCUT2D eigenvalue weighted by Gasteiger charge is 2.31. The summed E-state index contributed by atoms with van der Waals surface area (Å²) in [4.78, 5) is 31.0. The standard InChI is InChI=1S/C23H27N5O4S/c1-4-31-22(30)17-6-5-11-27(12-17)21(29)19-13-32-20(24-19)14-33-23-26-25-16(3)28(23)18-9-7-15(2)8-10-18/h7-10,13,17H,4-6,11-12,14H2,1-3H3. The van der Waals surface area contributed by atoms with Gasteiger partial charge in [-0.15, -0.1) is 10.2 Å². The first-order valence-electron chi connectivity index (χ1n) is 11.0. The molecule has 1 atom stereocenters. The number of amides is 1. The molecule has 3 heterocycles. The van der Waals surface area contributed by atoms with Crippen molar-refractivity contribution >= 4 is 23.6 Å². The largest absolute Gasteiger partial charge is 0.466 e. The summed E-state index contributed by atoms with van der Waals surface area (Å²) in [7, 11) is 0. The number of aryl methyl sites for hydroxylation is 2. The fraction of sp³-hybridized carbons (Fsp3) is 0.435. The van der Waals surface area contributed by atoms with Crippen molar-refractivity contribution in [2.75, 3.05) is 19.7 Å². The number of hydrogen-bond acceptors (Lipinski definition) is 8. The van der Waals surface area contributed by atoms with Gasteiger partial charge < -0.3 is 14.1 Å². The van der Waals surface area contributed by atoms with E-state index in [-0.39, 0.29) is 23.5 Å². The topological polar surface area (TPSA) is 103 Å². The normalized spacial score (nSPS) is 16.1. The van der Waals surface area contributed by atoms with Crippen molar-refractivity contribution < 1.29 is 18.7 Å². The Kier molecular flexibility index (Phi) is 7.12. The van der Waals surface area contributed by atoms with Gasteiger partial charge in [0, 0.05) is 18.8 Å². The van der Waals surface area contributed by atoms with Gasteiger partial charge in [0.05, 0.1) is 18.3 Å². The van der Waals surface area contributed by atoms with Crippen molar-refractivity contribution in [3.63, 3.8) is 0 Å². The summed E-state index contributed by atoms with van der Waals surface area (Å²) in [5.41, 5.74) is 2.40. The first kappa shape index (κ1) is 23.0. The van der Waals surface area contributed by atoms with E-state index in [0.29, 0.717) is 31.3 Å². The van der Waals surface area contributed by atoms with Crippen LogP contribution in [0, 0.1) is 19.8 Å². The van der Waals surface area contributed by atoms with Gasteiger partial charge in [-0.2, -0.15) is 0 Å². The lowest BCUT2D eigenvalue weighted by molar-refractivity contribution is -0.149. The number of oxazole rings is 1. The van der Waals surface area contributed by atoms with E-state index in [0.717, 1.165) is 29.5 Å². The second-order valence-electron chi connectivity index (χ2n) is 7.96. The Hall–Kier alpha value is -3.14. The van der Waals surface area contributed by atoms with Gasteiger partial charge in [-0.1, -0.05) is 29.5 Å². The quantitative estimate of drug-likeness (QED) is 0.382. The molecule has 1 fully saturated rings. The lowest BCUT2D eigenvalue weighted by Crippen LogP contribution is -2.43. The summed E-state index contributed by atoms with van der Waals surface area (Å²) < 4.78 is 12.6. The van der Waals surface area contributed by atoms with Crippen molar-refractivity contribution in [3.8, 4) is 5.69 Å². The molecule has 174 valence electrons. The zero-order valence-electron chi connectivity index (χ0n) is 19.0. The summed E-state index contributed by atoms with van der Waals surface area (Å²) >= 11 is 1.44. The molecule has 33 heavy (non-hydrogen) atoms. The van der Waals surface area contributed by atoms with Crippen LogP contribution in [0.25, 0.3) is 5.69 Å². The molecule has 3 aromatic rings. The second-order valence-corrected chi connectivity index (χ2v) is 8.90. The maximum atomic E-state index is 12.9. The Morgan fingerprint density at radius 1 is 1.21 bits per heavy atom. The first-order valence-corrected chi connectivity index (χ1v) is 12.0. The number of hydrogen-bond donors (Lipinski definition) is 0. The number of thioether (sulfide) groups is 1. The van der Waals surface area contributed by atoms with Gasteiger partial charge in [0.25, 0.3) is 5.91 Å². The summed E-state index contributed by atoms with van der Waals surface area (Å²) in [5.74, 6) is 0.844. The van der Waals surface area contributed by atoms with Crippen molar-refractivity contribution in [1.29, 1.82) is 0 Å². The van der Waals surface area contributed by atoms with Crippen LogP contribution in [0.3, 0.4) is 0 Å². The number of likely N-dealkylation sites (tertiary alicyclic amines) is 1. The highest BCUT2D eigenvalue weighted by atomic mass is 32.2. The monoisotopic (exact) mass is 469 g/mol. The molecular weight excluding hydrogens is 442 g/mol. The Bertz CT molecular complexity index is 1120. The number of aromatic nitrogens is 4. The van der Waals surface area contributed by atoms with E-state index in [1.165, 1.54) is 23.6 Å². The van der Waals surface area contributed by atoms with E-state index in [9.17, 15) is 9.59 Å². The summed E-state index contributed by atoms with van der Waals surface area (Å²) in [6.45, 7) is 6.99. The molecule has 0 radical (unpaired) electrons. The highest BCUT2D eigenvalue weighted by molar-refractivity contribution is 7.98. The number of piperidine rings is 1. The molecule has 1 amide bonds. The van der Waals surface area contributed by atoms with Gasteiger partial charge in [0.15, 0.2) is 10.9 Å². The summed E-state index contributed by atoms with van der Waals surface area (Å²) in [6.07, 6.45) is 2.86. The molecule has 0 spiro atoms. The van der Waals surface area contributed by atoms with Crippen LogP contribution in [0.2, 0.25) is 0 Å². The molecule has 0 saturated carbocycles. The molecule has 0 aliphatic carbocycles. The number of ether oxygens (including phenoxy) is 1. The minimum atomic E-state index is -0.291. The second kappa shape index (κ2) is 10.2. The summed E-state index contributed by atoms with van der Waals surface area (Å²) in [6, 6.07) is 8.14. The van der Waals surface area contributed by atoms with Crippen LogP contribution in [0.1, 0.15) is 47.5 Å². The van der Waals surface area contributed by atoms with Crippen LogP contribution >= 0.6 is 11.8 Å². The van der Waals surface area contributed by atoms with Gasteiger partial charge in [-0.3, -0.25) is 14.2 Å². The van der Waals surface area contributed by atoms with Gasteiger partial charge in [0.1, 0.15) is 12.1 Å². The molecule has 1 aliphatic rings. The third kappa shape index (κ3) is 5.27. The Balaban J connectivity index is 1.40. The third-order valence-electron chi connectivity index (χ3n) is 5.51. The third-order valence-corrected chi connectivity index (χ3v) is 6.43. The van der Waals surface area contributed by atoms with E-state index in [2.05, 4.69) is 15.2 Å². The average molecular weight is 470 g/mol. The zero-order chi connectivity index (χ0) is 23.4. The number of nitrogens with zero attached hydrogens (tertiary/aromatic N) is 5. The van der Waals surface area contributed by atoms with E-state index in [1.807, 2.05) is 42.7 Å². The predicted octanol–water partition coefficient (Wildman–Crippen LogP) is 3.58. The van der Waals surface area contributed by atoms with Gasteiger partial charge in [-0.05, 0) is 45.7 Å². The van der Waals surface area contributed by atoms with Crippen molar-refractivity contribution in [2.45, 2.75) is 44.5 Å². The molecule has 1 aliphatic heterocycles. The molecule has 2 aromatic heterocycles. The van der Waals surface area contributed by atoms with Crippen molar-refractivity contribution in [2.24, 2.45) is 5.92 Å². The maximum absolute atomic E-state index is 12.9. The van der Waals surface area contributed by atoms with E-state index < -0.39 is 0 Å². The molecule has 10 heteroatoms. The van der Waals surface area contributed by atoms with Crippen LogP contribution in [0.15, 0.2) is 40.1 Å². The Morgan fingerprint density at radius 3 is 2.76 bits per heavy atom. The minimum absolute atomic E-state index is 0.234. The molecule has 4 rings (SSSR count). The van der Waals surface area contributed by atoms with Gasteiger partial charge in [-0.25, -0.2) is 4.98 Å². The number of carbonyl (C=O) groups is 2. The lowest BCUT2D eigenvalue weighted by atomic mass is 9.98. The van der Waals surface area contributed by atoms with Crippen LogP contribution in [0.4, 0.5) is 0 Å². The number of carbonyl (C=O) groups excluding carboxylic acids is 2. The number of benzene rings is 1. The van der Waals surface area contributed by atoms with E-state index in [4.69, 9.17) is 9.15 Å². The van der Waals surface area contributed by atoms with Gasteiger partial charge in [0.2, 0.25) is 5.89 Å². The molecule has 1 aromatic carbocycles. The lowest BCUT2D eigenvalue weighted by Gasteiger charge is -2.30. The van der Waals surface area contributed by atoms with Crippen molar-refractivity contribution in [1.82, 2.24) is 24.6 Å². The molecule has 0 bridgehead atoms. The zero-order valence-corrected chi connectivity index (χ0v) is 19.8. The van der Waals surface area contributed by atoms with Crippen LogP contribution < -0.4 is 0 Å². The van der Waals surface area contributed by atoms with Crippen LogP contribution in [0.5, 0.6) is 0 Å². The van der Waals surface area contributed by atoms with Crippen molar-refractivity contribution in [3.05, 3.63) is 53.5 Å². The minimum Gasteiger partial charge on any atom is -0.466 e. The van der Waals surface area contributed by atoms with Gasteiger partial charge >= 0.3 is 5.97 Å². The number of rotatable bonds is 7. The van der Waals surface area contributed by atoms with E-state index in [1.54, 1.807) is 11.8 Å². The molecule has 1 saturated heterocycles. The smallest absolute Gasteiger partial charge is 0.310 e. The van der Waals surface area contributed by atoms with E-state index >= 15 is 0 Å². The van der Waals surface area contributed by atoms with Crippen LogP contribution in [-0.4, -0.2) is 56.2 Å². The predicted molar refractivity (Wildman–Crippen MR) is 122 cm³/mol. The fourth-order valence-corrected chi connectivity index (χ4v) is 4.66.